The van der Waals surface area contributed by atoms with Crippen LogP contribution in [0, 0.1) is 11.3 Å². The number of hydrogen-bond acceptors (Lipinski definition) is 6. The predicted molar refractivity (Wildman–Crippen MR) is 135 cm³/mol. The van der Waals surface area contributed by atoms with Crippen LogP contribution in [-0.4, -0.2) is 51.5 Å². The number of amides is 1. The first kappa shape index (κ1) is 28.5. The largest absolute Gasteiger partial charge is 0.396 e. The van der Waals surface area contributed by atoms with Crippen molar-refractivity contribution in [2.75, 3.05) is 6.61 Å². The molecular weight excluding hydrogens is 430 g/mol. The van der Waals surface area contributed by atoms with Gasteiger partial charge in [0.05, 0.1) is 12.4 Å². The molecule has 8 heteroatoms. The highest BCUT2D eigenvalue weighted by Crippen LogP contribution is 2.38. The van der Waals surface area contributed by atoms with Crippen molar-refractivity contribution < 1.29 is 14.7 Å². The summed E-state index contributed by atoms with van der Waals surface area (Å²) in [5, 5.41) is 13.3. The average Bonchev–Trinajstić information content (AvgIpc) is 3.32. The number of nitrogens with zero attached hydrogens (tertiary/aromatic N) is 1. The van der Waals surface area contributed by atoms with Gasteiger partial charge in [0, 0.05) is 49.8 Å². The Morgan fingerprint density at radius 3 is 2.76 bits per heavy atom. The van der Waals surface area contributed by atoms with E-state index in [-0.39, 0.29) is 35.8 Å². The zero-order valence-corrected chi connectivity index (χ0v) is 21.2. The van der Waals surface area contributed by atoms with Gasteiger partial charge in [-0.1, -0.05) is 39.5 Å². The number of hydrogen-bond donors (Lipinski definition) is 5. The summed E-state index contributed by atoms with van der Waals surface area (Å²) in [5.74, 6) is 0.635. The van der Waals surface area contributed by atoms with Crippen LogP contribution in [0.5, 0.6) is 0 Å². The number of aromatic amines is 1. The number of H-pyrrole nitrogens is 1. The summed E-state index contributed by atoms with van der Waals surface area (Å²) in [7, 11) is 0. The van der Waals surface area contributed by atoms with E-state index in [0.717, 1.165) is 69.9 Å². The minimum atomic E-state index is -0.590. The molecule has 1 aliphatic carbocycles. The van der Waals surface area contributed by atoms with Crippen molar-refractivity contribution in [2.24, 2.45) is 22.8 Å². The Morgan fingerprint density at radius 2 is 2.09 bits per heavy atom. The maximum Gasteiger partial charge on any atom is 0.237 e. The van der Waals surface area contributed by atoms with Crippen LogP contribution in [0.3, 0.4) is 0 Å². The normalized spacial score (nSPS) is 22.0. The fourth-order valence-corrected chi connectivity index (χ4v) is 5.17. The molecule has 0 radical (unpaired) electrons. The lowest BCUT2D eigenvalue weighted by atomic mass is 9.72. The zero-order chi connectivity index (χ0) is 25.0. The van der Waals surface area contributed by atoms with Gasteiger partial charge in [-0.3, -0.25) is 9.59 Å². The zero-order valence-electron chi connectivity index (χ0n) is 21.2. The molecule has 194 valence electrons. The Balaban J connectivity index is 1.71. The minimum absolute atomic E-state index is 0.0127. The molecule has 0 aromatic carbocycles. The van der Waals surface area contributed by atoms with Crippen molar-refractivity contribution >= 4 is 11.7 Å². The molecule has 7 N–H and O–H groups in total. The third kappa shape index (κ3) is 10.2. The summed E-state index contributed by atoms with van der Waals surface area (Å²) in [5.41, 5.74) is 12.7. The van der Waals surface area contributed by atoms with E-state index in [1.165, 1.54) is 0 Å². The lowest BCUT2D eigenvalue weighted by Gasteiger charge is -2.36. The molecule has 1 aromatic heterocycles. The number of nitrogens with one attached hydrogen (secondary N) is 2. The predicted octanol–water partition coefficient (Wildman–Crippen LogP) is 2.99. The van der Waals surface area contributed by atoms with Gasteiger partial charge >= 0.3 is 0 Å². The summed E-state index contributed by atoms with van der Waals surface area (Å²) >= 11 is 0. The van der Waals surface area contributed by atoms with Crippen molar-refractivity contribution in [1.29, 1.82) is 0 Å². The van der Waals surface area contributed by atoms with Crippen LogP contribution in [-0.2, 0) is 16.0 Å². The van der Waals surface area contributed by atoms with E-state index in [2.05, 4.69) is 22.2 Å². The Labute approximate surface area is 205 Å². The second kappa shape index (κ2) is 14.6. The molecule has 1 saturated carbocycles. The van der Waals surface area contributed by atoms with Crippen LogP contribution in [0.4, 0.5) is 0 Å². The third-order valence-corrected chi connectivity index (χ3v) is 7.37. The number of aliphatic hydroxyl groups excluding tert-OH is 1. The molecule has 2 rings (SSSR count). The van der Waals surface area contributed by atoms with Crippen LogP contribution in [0.25, 0.3) is 0 Å². The Kier molecular flexibility index (Phi) is 12.2. The first-order valence-corrected chi connectivity index (χ1v) is 13.2. The van der Waals surface area contributed by atoms with Crippen LogP contribution in [0.2, 0.25) is 0 Å². The third-order valence-electron chi connectivity index (χ3n) is 7.37. The molecule has 5 atom stereocenters. The molecule has 34 heavy (non-hydrogen) atoms. The topological polar surface area (TPSA) is 147 Å². The molecular formula is C26H47N5O3. The van der Waals surface area contributed by atoms with Gasteiger partial charge in [0.1, 0.15) is 5.78 Å². The van der Waals surface area contributed by atoms with Crippen LogP contribution in [0.15, 0.2) is 12.5 Å². The number of carbonyl (C=O) groups excluding carboxylic acids is 2. The molecule has 4 unspecified atom stereocenters. The van der Waals surface area contributed by atoms with Gasteiger partial charge in [-0.25, -0.2) is 4.98 Å². The number of nitrogens with two attached hydrogens (primary N) is 2. The maximum atomic E-state index is 12.6. The number of rotatable bonds is 16. The Morgan fingerprint density at radius 1 is 1.29 bits per heavy atom. The van der Waals surface area contributed by atoms with Gasteiger partial charge in [-0.15, -0.1) is 0 Å². The second-order valence-corrected chi connectivity index (χ2v) is 10.8. The molecule has 0 saturated heterocycles. The minimum Gasteiger partial charge on any atom is -0.396 e. The van der Waals surface area contributed by atoms with Crippen LogP contribution >= 0.6 is 0 Å². The van der Waals surface area contributed by atoms with Gasteiger partial charge in [-0.05, 0) is 49.9 Å². The number of Topliss-reactive ketones (excluding diaryl/α,β-unsaturated/α-hetero) is 1. The first-order chi connectivity index (χ1) is 16.2. The highest BCUT2D eigenvalue weighted by molar-refractivity contribution is 5.82. The number of aliphatic hydroxyl groups is 1. The van der Waals surface area contributed by atoms with Crippen molar-refractivity contribution in [1.82, 2.24) is 15.3 Å². The van der Waals surface area contributed by atoms with Crippen LogP contribution < -0.4 is 16.8 Å². The number of imidazole rings is 1. The molecule has 1 aromatic rings. The number of carbonyl (C=O) groups is 2. The number of ketones is 1. The highest BCUT2D eigenvalue weighted by Gasteiger charge is 2.31. The molecule has 1 amide bonds. The molecule has 1 aliphatic rings. The van der Waals surface area contributed by atoms with Crippen molar-refractivity contribution in [3.05, 3.63) is 18.2 Å². The van der Waals surface area contributed by atoms with Crippen LogP contribution in [0.1, 0.15) is 96.6 Å². The fraction of sp³-hybridized carbons (Fsp3) is 0.808. The molecule has 0 bridgehead atoms. The van der Waals surface area contributed by atoms with Gasteiger partial charge in [0.25, 0.3) is 0 Å². The van der Waals surface area contributed by atoms with Gasteiger partial charge in [-0.2, -0.15) is 0 Å². The summed E-state index contributed by atoms with van der Waals surface area (Å²) in [6, 6.07) is -0.461. The van der Waals surface area contributed by atoms with Crippen molar-refractivity contribution in [2.45, 2.75) is 115 Å². The lowest BCUT2D eigenvalue weighted by molar-refractivity contribution is -0.123. The summed E-state index contributed by atoms with van der Waals surface area (Å²) in [6.07, 6.45) is 14.6. The number of unbranched alkanes of at least 4 members (excludes halogenated alkanes) is 2. The maximum absolute atomic E-state index is 12.6. The quantitative estimate of drug-likeness (QED) is 0.231. The Hall–Kier alpha value is -1.77. The van der Waals surface area contributed by atoms with E-state index in [1.54, 1.807) is 12.5 Å². The summed E-state index contributed by atoms with van der Waals surface area (Å²) in [6.45, 7) is 4.34. The second-order valence-electron chi connectivity index (χ2n) is 10.8. The van der Waals surface area contributed by atoms with E-state index in [1.807, 2.05) is 6.92 Å². The van der Waals surface area contributed by atoms with Gasteiger partial charge in [0.15, 0.2) is 0 Å². The van der Waals surface area contributed by atoms with E-state index < -0.39 is 6.04 Å². The highest BCUT2D eigenvalue weighted by atomic mass is 16.3. The van der Waals surface area contributed by atoms with Crippen molar-refractivity contribution in [3.8, 4) is 0 Å². The average molecular weight is 478 g/mol. The Bertz CT molecular complexity index is 726. The molecule has 0 spiro atoms. The standard InChI is InChI=1S/C26H47N5O3/c1-3-20(27)13-23(33)10-5-4-6-11-26(2,17-32)15-19-8-7-9-21(12-19)31-25(34)24(28)14-22-16-29-18-30-22/h16,18-21,24,32H,3-15,17,27-28H2,1-2H3,(H,29,30)(H,31,34)/t19?,20?,21?,24?,26-/m0/s1. The molecule has 1 heterocycles. The summed E-state index contributed by atoms with van der Waals surface area (Å²) in [4.78, 5) is 31.5. The van der Waals surface area contributed by atoms with E-state index >= 15 is 0 Å². The molecule has 8 nitrogen and oxygen atoms in total. The monoisotopic (exact) mass is 477 g/mol. The number of aromatic nitrogens is 2. The van der Waals surface area contributed by atoms with Crippen molar-refractivity contribution in [3.63, 3.8) is 0 Å². The first-order valence-electron chi connectivity index (χ1n) is 13.2. The van der Waals surface area contributed by atoms with E-state index in [9.17, 15) is 14.7 Å². The van der Waals surface area contributed by atoms with E-state index in [4.69, 9.17) is 11.5 Å². The molecule has 1 fully saturated rings. The van der Waals surface area contributed by atoms with E-state index in [0.29, 0.717) is 25.2 Å². The SMILES string of the molecule is CCC(N)CC(=O)CCCCC[C@](C)(CO)CC1CCCC(NC(=O)C(N)Cc2cnc[nH]2)C1. The lowest BCUT2D eigenvalue weighted by Crippen LogP contribution is -2.48. The van der Waals surface area contributed by atoms with Gasteiger partial charge in [0.2, 0.25) is 5.91 Å². The summed E-state index contributed by atoms with van der Waals surface area (Å²) < 4.78 is 0. The molecule has 0 aliphatic heterocycles. The smallest absolute Gasteiger partial charge is 0.237 e. The fourth-order valence-electron chi connectivity index (χ4n) is 5.17. The van der Waals surface area contributed by atoms with Gasteiger partial charge < -0.3 is 26.9 Å².